The average molecular weight is 388 g/mol. The highest BCUT2D eigenvalue weighted by Gasteiger charge is 2.13. The number of methoxy groups -OCH3 is 1. The smallest absolute Gasteiger partial charge is 0.253 e. The van der Waals surface area contributed by atoms with Crippen molar-refractivity contribution < 1.29 is 9.53 Å². The molecule has 3 aromatic rings. The molecule has 0 aliphatic rings. The summed E-state index contributed by atoms with van der Waals surface area (Å²) in [6.45, 7) is 1.75. The first-order valence-electron chi connectivity index (χ1n) is 8.17. The van der Waals surface area contributed by atoms with Gasteiger partial charge >= 0.3 is 0 Å². The Hall–Kier alpha value is -2.97. The number of H-pyrrole nitrogens is 1. The number of pyridine rings is 1. The van der Waals surface area contributed by atoms with Gasteiger partial charge in [0, 0.05) is 34.8 Å². The maximum Gasteiger partial charge on any atom is 0.253 e. The first-order valence-corrected chi connectivity index (χ1v) is 8.55. The number of aromatic amines is 1. The third-order valence-corrected chi connectivity index (χ3v) is 4.08. The van der Waals surface area contributed by atoms with Crippen LogP contribution < -0.4 is 16.2 Å². The normalized spacial score (nSPS) is 12.0. The highest BCUT2D eigenvalue weighted by Crippen LogP contribution is 2.21. The van der Waals surface area contributed by atoms with Crippen molar-refractivity contribution in [3.63, 3.8) is 0 Å². The second-order valence-electron chi connectivity index (χ2n) is 5.90. The summed E-state index contributed by atoms with van der Waals surface area (Å²) in [6, 6.07) is 8.23. The number of benzene rings is 1. The number of carbonyl (C=O) groups is 1. The van der Waals surface area contributed by atoms with Crippen LogP contribution in [0.2, 0.25) is 5.02 Å². The van der Waals surface area contributed by atoms with Gasteiger partial charge in [0.25, 0.3) is 11.5 Å². The lowest BCUT2D eigenvalue weighted by Gasteiger charge is -2.15. The van der Waals surface area contributed by atoms with E-state index in [1.807, 2.05) is 6.92 Å². The van der Waals surface area contributed by atoms with Gasteiger partial charge in [0.2, 0.25) is 5.95 Å². The van der Waals surface area contributed by atoms with Crippen LogP contribution >= 0.6 is 11.6 Å². The quantitative estimate of drug-likeness (QED) is 0.600. The summed E-state index contributed by atoms with van der Waals surface area (Å²) in [5, 5.41) is 7.08. The molecule has 0 saturated carbocycles. The van der Waals surface area contributed by atoms with Crippen LogP contribution in [0.15, 0.2) is 41.3 Å². The van der Waals surface area contributed by atoms with Crippen LogP contribution in [0.4, 0.5) is 11.8 Å². The molecule has 1 atom stereocenters. The van der Waals surface area contributed by atoms with Gasteiger partial charge < -0.3 is 20.4 Å². The van der Waals surface area contributed by atoms with E-state index in [-0.39, 0.29) is 30.1 Å². The van der Waals surface area contributed by atoms with Crippen LogP contribution in [0.1, 0.15) is 18.5 Å². The molecule has 9 heteroatoms. The third-order valence-electron chi connectivity index (χ3n) is 3.85. The Kier molecular flexibility index (Phi) is 5.68. The molecule has 2 heterocycles. The topological polar surface area (TPSA) is 109 Å². The Morgan fingerprint density at radius 2 is 2.15 bits per heavy atom. The van der Waals surface area contributed by atoms with E-state index in [9.17, 15) is 9.59 Å². The molecule has 2 aromatic heterocycles. The summed E-state index contributed by atoms with van der Waals surface area (Å²) in [7, 11) is 1.43. The average Bonchev–Trinajstić information content (AvgIpc) is 2.62. The largest absolute Gasteiger partial charge is 0.375 e. The van der Waals surface area contributed by atoms with E-state index in [1.54, 1.807) is 30.3 Å². The van der Waals surface area contributed by atoms with E-state index in [0.717, 1.165) is 5.39 Å². The summed E-state index contributed by atoms with van der Waals surface area (Å²) in [6.07, 6.45) is 1.51. The first kappa shape index (κ1) is 18.8. The van der Waals surface area contributed by atoms with E-state index in [4.69, 9.17) is 16.3 Å². The molecule has 0 aliphatic carbocycles. The highest BCUT2D eigenvalue weighted by molar-refractivity contribution is 6.31. The molecular weight excluding hydrogens is 370 g/mol. The molecule has 0 spiro atoms. The van der Waals surface area contributed by atoms with Gasteiger partial charge in [-0.3, -0.25) is 9.59 Å². The zero-order chi connectivity index (χ0) is 19.4. The van der Waals surface area contributed by atoms with Gasteiger partial charge in [-0.05, 0) is 37.3 Å². The van der Waals surface area contributed by atoms with Crippen molar-refractivity contribution in [3.05, 3.63) is 57.5 Å². The maximum absolute atomic E-state index is 12.4. The van der Waals surface area contributed by atoms with Crippen molar-refractivity contribution in [1.29, 1.82) is 0 Å². The number of hydrogen-bond donors (Lipinski definition) is 3. The highest BCUT2D eigenvalue weighted by atomic mass is 35.5. The van der Waals surface area contributed by atoms with Gasteiger partial charge in [0.15, 0.2) is 0 Å². The molecule has 1 amide bonds. The van der Waals surface area contributed by atoms with E-state index >= 15 is 0 Å². The second kappa shape index (κ2) is 8.15. The van der Waals surface area contributed by atoms with E-state index in [2.05, 4.69) is 25.6 Å². The monoisotopic (exact) mass is 387 g/mol. The Bertz CT molecular complexity index is 1040. The minimum Gasteiger partial charge on any atom is -0.375 e. The lowest BCUT2D eigenvalue weighted by molar-refractivity contribution is -0.119. The number of aromatic nitrogens is 3. The zero-order valence-electron chi connectivity index (χ0n) is 14.7. The van der Waals surface area contributed by atoms with E-state index in [0.29, 0.717) is 21.9 Å². The summed E-state index contributed by atoms with van der Waals surface area (Å²) in [5.41, 5.74) is 1.01. The van der Waals surface area contributed by atoms with Crippen molar-refractivity contribution in [3.8, 4) is 0 Å². The van der Waals surface area contributed by atoms with Gasteiger partial charge in [-0.15, -0.1) is 0 Å². The molecule has 0 unspecified atom stereocenters. The summed E-state index contributed by atoms with van der Waals surface area (Å²) in [4.78, 5) is 35.2. The zero-order valence-corrected chi connectivity index (χ0v) is 15.5. The van der Waals surface area contributed by atoms with Crippen LogP contribution in [0.3, 0.4) is 0 Å². The molecule has 0 aliphatic heterocycles. The number of carbonyl (C=O) groups excluding carboxylic acids is 1. The number of nitrogens with zero attached hydrogens (tertiary/aromatic N) is 2. The molecule has 0 fully saturated rings. The fourth-order valence-corrected chi connectivity index (χ4v) is 2.78. The summed E-state index contributed by atoms with van der Waals surface area (Å²) in [5.74, 6) is 0.294. The molecule has 140 valence electrons. The van der Waals surface area contributed by atoms with Crippen molar-refractivity contribution >= 4 is 40.2 Å². The Morgan fingerprint density at radius 3 is 2.93 bits per heavy atom. The predicted molar refractivity (Wildman–Crippen MR) is 104 cm³/mol. The Balaban J connectivity index is 1.82. The van der Waals surface area contributed by atoms with Gasteiger partial charge in [-0.25, -0.2) is 4.98 Å². The fourth-order valence-electron chi connectivity index (χ4n) is 2.60. The standard InChI is InChI=1S/C18H18ClN5O3/c1-10(13-8-11-7-12(19)3-4-14(11)22-17(13)26)21-18-20-6-5-15(24-18)23-16(25)9-27-2/h3-8,10H,9H2,1-2H3,(H,22,26)(H2,20,21,23,24,25)/t10-/m0/s1. The molecule has 0 radical (unpaired) electrons. The molecule has 8 nitrogen and oxygen atoms in total. The van der Waals surface area contributed by atoms with Crippen molar-refractivity contribution in [2.75, 3.05) is 24.4 Å². The van der Waals surface area contributed by atoms with E-state index < -0.39 is 0 Å². The fraction of sp³-hybridized carbons (Fsp3) is 0.222. The Labute approximate surface area is 159 Å². The van der Waals surface area contributed by atoms with Crippen LogP contribution in [0.25, 0.3) is 10.9 Å². The number of anilines is 2. The van der Waals surface area contributed by atoms with Gasteiger partial charge in [-0.2, -0.15) is 4.98 Å². The van der Waals surface area contributed by atoms with E-state index in [1.165, 1.54) is 13.3 Å². The molecule has 3 N–H and O–H groups in total. The molecule has 0 saturated heterocycles. The van der Waals surface area contributed by atoms with Gasteiger partial charge in [0.1, 0.15) is 12.4 Å². The number of ether oxygens (including phenoxy) is 1. The molecule has 27 heavy (non-hydrogen) atoms. The molecule has 0 bridgehead atoms. The van der Waals surface area contributed by atoms with Gasteiger partial charge in [-0.1, -0.05) is 11.6 Å². The summed E-state index contributed by atoms with van der Waals surface area (Å²) < 4.78 is 4.77. The molecular formula is C18H18ClN5O3. The molecule has 1 aromatic carbocycles. The Morgan fingerprint density at radius 1 is 1.33 bits per heavy atom. The number of nitrogens with one attached hydrogen (secondary N) is 3. The van der Waals surface area contributed by atoms with Crippen LogP contribution in [0, 0.1) is 0 Å². The lowest BCUT2D eigenvalue weighted by Crippen LogP contribution is -2.21. The van der Waals surface area contributed by atoms with Crippen molar-refractivity contribution in [2.24, 2.45) is 0 Å². The number of rotatable bonds is 6. The minimum absolute atomic E-state index is 0.0712. The van der Waals surface area contributed by atoms with Crippen molar-refractivity contribution in [1.82, 2.24) is 15.0 Å². The van der Waals surface area contributed by atoms with Crippen molar-refractivity contribution in [2.45, 2.75) is 13.0 Å². The third kappa shape index (κ3) is 4.60. The number of fused-ring (bicyclic) bond motifs is 1. The predicted octanol–water partition coefficient (Wildman–Crippen LogP) is 2.73. The van der Waals surface area contributed by atoms with Crippen LogP contribution in [-0.4, -0.2) is 34.6 Å². The minimum atomic E-state index is -0.373. The molecule has 3 rings (SSSR count). The van der Waals surface area contributed by atoms with Crippen LogP contribution in [-0.2, 0) is 9.53 Å². The number of hydrogen-bond acceptors (Lipinski definition) is 6. The SMILES string of the molecule is COCC(=O)Nc1ccnc(N[C@@H](C)c2cc3cc(Cl)ccc3[nH]c2=O)n1. The number of amides is 1. The second-order valence-corrected chi connectivity index (χ2v) is 6.33. The lowest BCUT2D eigenvalue weighted by atomic mass is 10.1. The summed E-state index contributed by atoms with van der Waals surface area (Å²) >= 11 is 6.03. The first-order chi connectivity index (χ1) is 13.0. The van der Waals surface area contributed by atoms with Gasteiger partial charge in [0.05, 0.1) is 6.04 Å². The number of halogens is 1. The maximum atomic E-state index is 12.4. The van der Waals surface area contributed by atoms with Crippen LogP contribution in [0.5, 0.6) is 0 Å².